The fourth-order valence-corrected chi connectivity index (χ4v) is 5.59. The molecule has 2 aromatic carbocycles. The smallest absolute Gasteiger partial charge is 0.254 e. The second kappa shape index (κ2) is 12.8. The lowest BCUT2D eigenvalue weighted by molar-refractivity contribution is -0.113. The van der Waals surface area contributed by atoms with Crippen LogP contribution in [0.4, 0.5) is 5.69 Å². The normalized spacial score (nSPS) is 17.7. The summed E-state index contributed by atoms with van der Waals surface area (Å²) in [6, 6.07) is 17.0. The highest BCUT2D eigenvalue weighted by molar-refractivity contribution is 8.14. The summed E-state index contributed by atoms with van der Waals surface area (Å²) in [5, 5.41) is 14.5. The predicted octanol–water partition coefficient (Wildman–Crippen LogP) is 5.97. The summed E-state index contributed by atoms with van der Waals surface area (Å²) in [5.41, 5.74) is 2.31. The van der Waals surface area contributed by atoms with Crippen LogP contribution >= 0.6 is 23.4 Å². The number of aliphatic imine (C=N–C) groups is 1. The molecule has 0 radical (unpaired) electrons. The van der Waals surface area contributed by atoms with Crippen molar-refractivity contribution in [1.82, 2.24) is 4.90 Å². The molecule has 2 unspecified atom stereocenters. The van der Waals surface area contributed by atoms with Gasteiger partial charge in [0.15, 0.2) is 0 Å². The lowest BCUT2D eigenvalue weighted by atomic mass is 9.78. The molecule has 6 nitrogen and oxygen atoms in total. The van der Waals surface area contributed by atoms with E-state index in [4.69, 9.17) is 21.3 Å². The molecule has 0 saturated carbocycles. The first-order valence-electron chi connectivity index (χ1n) is 11.7. The Morgan fingerprint density at radius 2 is 1.89 bits per heavy atom. The predicted molar refractivity (Wildman–Crippen MR) is 145 cm³/mol. The zero-order valence-electron chi connectivity index (χ0n) is 20.5. The minimum Gasteiger partial charge on any atom is -0.495 e. The molecule has 0 spiro atoms. The van der Waals surface area contributed by atoms with Crippen LogP contribution in [0.3, 0.4) is 0 Å². The molecular formula is C27H31ClN4O2S. The van der Waals surface area contributed by atoms with Gasteiger partial charge in [0.1, 0.15) is 11.7 Å². The number of nitrogens with one attached hydrogen (secondary N) is 1. The molecule has 8 heteroatoms. The van der Waals surface area contributed by atoms with Gasteiger partial charge < -0.3 is 15.0 Å². The number of carbonyl (C=O) groups excluding carboxylic acids is 1. The number of ether oxygens (including phenoxy) is 1. The number of hydrogen-bond donors (Lipinski definition) is 1. The van der Waals surface area contributed by atoms with Crippen LogP contribution in [0.15, 0.2) is 64.8 Å². The number of benzene rings is 2. The Hall–Kier alpha value is -2.79. The monoisotopic (exact) mass is 510 g/mol. The average Bonchev–Trinajstić information content (AvgIpc) is 2.86. The Morgan fingerprint density at radius 1 is 1.20 bits per heavy atom. The molecule has 0 aromatic heterocycles. The molecule has 184 valence electrons. The number of methoxy groups -OCH3 is 1. The van der Waals surface area contributed by atoms with Crippen LogP contribution in [0.1, 0.15) is 32.3 Å². The van der Waals surface area contributed by atoms with Gasteiger partial charge in [0.05, 0.1) is 23.9 Å². The van der Waals surface area contributed by atoms with Gasteiger partial charge in [0, 0.05) is 34.5 Å². The van der Waals surface area contributed by atoms with Crippen molar-refractivity contribution in [2.75, 3.05) is 37.8 Å². The van der Waals surface area contributed by atoms with E-state index in [0.29, 0.717) is 27.7 Å². The summed E-state index contributed by atoms with van der Waals surface area (Å²) in [7, 11) is 1.56. The average molecular weight is 511 g/mol. The topological polar surface area (TPSA) is 77.7 Å². The molecule has 2 atom stereocenters. The molecule has 1 heterocycles. The number of rotatable bonds is 9. The number of halogens is 1. The van der Waals surface area contributed by atoms with E-state index in [9.17, 15) is 10.1 Å². The van der Waals surface area contributed by atoms with E-state index in [1.54, 1.807) is 37.1 Å². The molecule has 0 fully saturated rings. The number of para-hydroxylation sites is 2. The summed E-state index contributed by atoms with van der Waals surface area (Å²) < 4.78 is 5.39. The van der Waals surface area contributed by atoms with Crippen molar-refractivity contribution in [2.45, 2.75) is 26.7 Å². The summed E-state index contributed by atoms with van der Waals surface area (Å²) in [5.74, 6) is -0.134. The van der Waals surface area contributed by atoms with Crippen molar-refractivity contribution < 1.29 is 9.53 Å². The van der Waals surface area contributed by atoms with E-state index in [1.165, 1.54) is 0 Å². The van der Waals surface area contributed by atoms with Crippen molar-refractivity contribution in [1.29, 1.82) is 5.26 Å². The lowest BCUT2D eigenvalue weighted by Crippen LogP contribution is -2.32. The number of nitrogens with zero attached hydrogens (tertiary/aromatic N) is 3. The van der Waals surface area contributed by atoms with Crippen molar-refractivity contribution in [3.63, 3.8) is 0 Å². The number of amides is 1. The number of hydrogen-bond acceptors (Lipinski definition) is 6. The Morgan fingerprint density at radius 3 is 2.54 bits per heavy atom. The van der Waals surface area contributed by atoms with Gasteiger partial charge in [-0.25, -0.2) is 4.99 Å². The minimum absolute atomic E-state index is 0.326. The van der Waals surface area contributed by atoms with Gasteiger partial charge in [-0.3, -0.25) is 4.79 Å². The van der Waals surface area contributed by atoms with Crippen molar-refractivity contribution >= 4 is 40.0 Å². The van der Waals surface area contributed by atoms with Crippen LogP contribution in [-0.4, -0.2) is 48.3 Å². The van der Waals surface area contributed by atoms with Gasteiger partial charge in [-0.05, 0) is 43.8 Å². The molecule has 1 aliphatic heterocycles. The number of carbonyl (C=O) groups is 1. The van der Waals surface area contributed by atoms with E-state index in [0.717, 1.165) is 36.0 Å². The van der Waals surface area contributed by atoms with Gasteiger partial charge in [-0.2, -0.15) is 5.26 Å². The SMILES string of the molecule is CCN(CC)CCSC1=NC(C)=C(C(=O)Nc2ccccc2OC)C(c2ccccc2Cl)C1C#N. The Labute approximate surface area is 217 Å². The fraction of sp³-hybridized carbons (Fsp3) is 0.370. The van der Waals surface area contributed by atoms with E-state index in [1.807, 2.05) is 37.3 Å². The first kappa shape index (κ1) is 26.8. The molecule has 0 saturated heterocycles. The highest BCUT2D eigenvalue weighted by Crippen LogP contribution is 2.43. The van der Waals surface area contributed by atoms with E-state index in [-0.39, 0.29) is 5.91 Å². The summed E-state index contributed by atoms with van der Waals surface area (Å²) in [6.45, 7) is 8.93. The first-order chi connectivity index (χ1) is 16.9. The van der Waals surface area contributed by atoms with Crippen LogP contribution in [0.5, 0.6) is 5.75 Å². The molecule has 1 aliphatic rings. The van der Waals surface area contributed by atoms with E-state index < -0.39 is 11.8 Å². The van der Waals surface area contributed by atoms with E-state index >= 15 is 0 Å². The lowest BCUT2D eigenvalue weighted by Gasteiger charge is -2.31. The highest BCUT2D eigenvalue weighted by Gasteiger charge is 2.39. The summed E-state index contributed by atoms with van der Waals surface area (Å²) in [4.78, 5) is 20.7. The van der Waals surface area contributed by atoms with Crippen molar-refractivity contribution in [2.24, 2.45) is 10.9 Å². The molecule has 1 N–H and O–H groups in total. The maximum absolute atomic E-state index is 13.6. The molecule has 3 rings (SSSR count). The molecule has 35 heavy (non-hydrogen) atoms. The standard InChI is InChI=1S/C27H31ClN4O2S/c1-5-32(6-2)15-16-35-27-20(17-29)25(19-11-7-8-12-21(19)28)24(18(3)30-27)26(33)31-22-13-9-10-14-23(22)34-4/h7-14,20,25H,5-6,15-16H2,1-4H3,(H,31,33). The zero-order chi connectivity index (χ0) is 25.4. The number of anilines is 1. The quantitative estimate of drug-likeness (QED) is 0.449. The van der Waals surface area contributed by atoms with Gasteiger partial charge in [0.2, 0.25) is 0 Å². The molecule has 0 aliphatic carbocycles. The number of thioether (sulfide) groups is 1. The first-order valence-corrected chi connectivity index (χ1v) is 13.0. The Balaban J connectivity index is 2.02. The Kier molecular flexibility index (Phi) is 9.79. The molecular weight excluding hydrogens is 480 g/mol. The third-order valence-electron chi connectivity index (χ3n) is 6.11. The number of nitriles is 1. The van der Waals surface area contributed by atoms with Crippen LogP contribution in [0.2, 0.25) is 5.02 Å². The third kappa shape index (κ3) is 6.26. The van der Waals surface area contributed by atoms with Crippen LogP contribution in [0.25, 0.3) is 0 Å². The molecule has 1 amide bonds. The van der Waals surface area contributed by atoms with Gasteiger partial charge in [-0.1, -0.05) is 55.8 Å². The van der Waals surface area contributed by atoms with Gasteiger partial charge in [-0.15, -0.1) is 11.8 Å². The second-order valence-electron chi connectivity index (χ2n) is 8.08. The third-order valence-corrected chi connectivity index (χ3v) is 7.48. The second-order valence-corrected chi connectivity index (χ2v) is 9.61. The van der Waals surface area contributed by atoms with Crippen molar-refractivity contribution in [3.05, 3.63) is 70.4 Å². The maximum Gasteiger partial charge on any atom is 0.254 e. The highest BCUT2D eigenvalue weighted by atomic mass is 35.5. The minimum atomic E-state index is -0.626. The largest absolute Gasteiger partial charge is 0.495 e. The number of allylic oxidation sites excluding steroid dienone is 1. The molecule has 0 bridgehead atoms. The zero-order valence-corrected chi connectivity index (χ0v) is 22.1. The maximum atomic E-state index is 13.6. The van der Waals surface area contributed by atoms with Crippen LogP contribution < -0.4 is 10.1 Å². The van der Waals surface area contributed by atoms with Gasteiger partial charge >= 0.3 is 0 Å². The fourth-order valence-electron chi connectivity index (χ4n) is 4.21. The summed E-state index contributed by atoms with van der Waals surface area (Å²) >= 11 is 8.18. The van der Waals surface area contributed by atoms with Crippen LogP contribution in [-0.2, 0) is 4.79 Å². The summed E-state index contributed by atoms with van der Waals surface area (Å²) in [6.07, 6.45) is 0. The molecule has 2 aromatic rings. The van der Waals surface area contributed by atoms with E-state index in [2.05, 4.69) is 30.1 Å². The van der Waals surface area contributed by atoms with Crippen molar-refractivity contribution in [3.8, 4) is 11.8 Å². The van der Waals surface area contributed by atoms with Crippen LogP contribution in [0, 0.1) is 17.2 Å². The Bertz CT molecular complexity index is 1150. The van der Waals surface area contributed by atoms with Gasteiger partial charge in [0.25, 0.3) is 5.91 Å².